The van der Waals surface area contributed by atoms with E-state index < -0.39 is 0 Å². The van der Waals surface area contributed by atoms with E-state index in [4.69, 9.17) is 4.52 Å². The summed E-state index contributed by atoms with van der Waals surface area (Å²) in [5, 5.41) is 10.7. The number of guanidine groups is 1. The SMILES string of the molecule is CCNC(=NCCCc1ccccc1)NCCc1c(C)noc1C. The van der Waals surface area contributed by atoms with E-state index >= 15 is 0 Å². The average Bonchev–Trinajstić information content (AvgIpc) is 2.91. The van der Waals surface area contributed by atoms with Gasteiger partial charge in [-0.3, -0.25) is 4.99 Å². The molecule has 2 rings (SSSR count). The quantitative estimate of drug-likeness (QED) is 0.444. The lowest BCUT2D eigenvalue weighted by molar-refractivity contribution is 0.392. The van der Waals surface area contributed by atoms with E-state index in [1.54, 1.807) is 0 Å². The van der Waals surface area contributed by atoms with Crippen molar-refractivity contribution >= 4 is 5.96 Å². The molecule has 0 bridgehead atoms. The van der Waals surface area contributed by atoms with Crippen molar-refractivity contribution < 1.29 is 4.52 Å². The van der Waals surface area contributed by atoms with Crippen LogP contribution in [0.3, 0.4) is 0 Å². The maximum Gasteiger partial charge on any atom is 0.191 e. The molecule has 1 heterocycles. The lowest BCUT2D eigenvalue weighted by Crippen LogP contribution is -2.38. The van der Waals surface area contributed by atoms with Crippen LogP contribution < -0.4 is 10.6 Å². The molecule has 2 aromatic rings. The third-order valence-corrected chi connectivity index (χ3v) is 3.93. The van der Waals surface area contributed by atoms with E-state index in [0.717, 1.165) is 56.3 Å². The van der Waals surface area contributed by atoms with Crippen LogP contribution >= 0.6 is 0 Å². The summed E-state index contributed by atoms with van der Waals surface area (Å²) in [6.07, 6.45) is 2.99. The molecular weight excluding hydrogens is 300 g/mol. The lowest BCUT2D eigenvalue weighted by Gasteiger charge is -2.11. The molecule has 0 spiro atoms. The Balaban J connectivity index is 1.76. The number of benzene rings is 1. The Morgan fingerprint density at radius 3 is 2.58 bits per heavy atom. The van der Waals surface area contributed by atoms with Gasteiger partial charge in [-0.25, -0.2) is 0 Å². The highest BCUT2D eigenvalue weighted by atomic mass is 16.5. The number of hydrogen-bond acceptors (Lipinski definition) is 3. The predicted molar refractivity (Wildman–Crippen MR) is 98.4 cm³/mol. The molecule has 5 heteroatoms. The molecule has 1 aromatic carbocycles. The van der Waals surface area contributed by atoms with Crippen molar-refractivity contribution in [1.29, 1.82) is 0 Å². The van der Waals surface area contributed by atoms with Crippen LogP contribution in [0.25, 0.3) is 0 Å². The molecule has 0 aliphatic carbocycles. The molecule has 2 N–H and O–H groups in total. The molecular formula is C19H28N4O. The third-order valence-electron chi connectivity index (χ3n) is 3.93. The number of aryl methyl sites for hydroxylation is 3. The Morgan fingerprint density at radius 2 is 1.92 bits per heavy atom. The zero-order valence-corrected chi connectivity index (χ0v) is 14.9. The molecule has 0 aliphatic rings. The molecule has 0 saturated heterocycles. The van der Waals surface area contributed by atoms with Gasteiger partial charge >= 0.3 is 0 Å². The molecule has 0 saturated carbocycles. The fourth-order valence-electron chi connectivity index (χ4n) is 2.63. The number of rotatable bonds is 8. The summed E-state index contributed by atoms with van der Waals surface area (Å²) in [7, 11) is 0. The molecule has 0 unspecified atom stereocenters. The van der Waals surface area contributed by atoms with Gasteiger partial charge in [-0.05, 0) is 45.6 Å². The van der Waals surface area contributed by atoms with E-state index in [2.05, 4.69) is 52.0 Å². The van der Waals surface area contributed by atoms with Crippen LogP contribution in [0.4, 0.5) is 0 Å². The Kier molecular flexibility index (Phi) is 7.33. The van der Waals surface area contributed by atoms with Crippen molar-refractivity contribution in [3.05, 3.63) is 52.9 Å². The van der Waals surface area contributed by atoms with E-state index in [1.807, 2.05) is 19.9 Å². The Hall–Kier alpha value is -2.30. The largest absolute Gasteiger partial charge is 0.361 e. The first-order valence-electron chi connectivity index (χ1n) is 8.68. The maximum absolute atomic E-state index is 5.20. The minimum Gasteiger partial charge on any atom is -0.361 e. The average molecular weight is 328 g/mol. The van der Waals surface area contributed by atoms with Crippen molar-refractivity contribution in [2.24, 2.45) is 4.99 Å². The smallest absolute Gasteiger partial charge is 0.191 e. The molecule has 0 atom stereocenters. The first-order valence-corrected chi connectivity index (χ1v) is 8.68. The highest BCUT2D eigenvalue weighted by Gasteiger charge is 2.08. The van der Waals surface area contributed by atoms with Crippen LogP contribution in [0, 0.1) is 13.8 Å². The fraction of sp³-hybridized carbons (Fsp3) is 0.474. The van der Waals surface area contributed by atoms with Crippen LogP contribution in [-0.4, -0.2) is 30.8 Å². The molecule has 130 valence electrons. The van der Waals surface area contributed by atoms with Gasteiger partial charge in [-0.2, -0.15) is 0 Å². The summed E-state index contributed by atoms with van der Waals surface area (Å²) in [6, 6.07) is 10.5. The first-order chi connectivity index (χ1) is 11.7. The van der Waals surface area contributed by atoms with Gasteiger partial charge in [0, 0.05) is 25.2 Å². The summed E-state index contributed by atoms with van der Waals surface area (Å²) < 4.78 is 5.20. The maximum atomic E-state index is 5.20. The number of aromatic nitrogens is 1. The number of aliphatic imine (C=N–C) groups is 1. The van der Waals surface area contributed by atoms with Crippen LogP contribution in [0.1, 0.15) is 35.9 Å². The fourth-order valence-corrected chi connectivity index (χ4v) is 2.63. The molecule has 24 heavy (non-hydrogen) atoms. The third kappa shape index (κ3) is 5.72. The molecule has 5 nitrogen and oxygen atoms in total. The molecule has 0 aliphatic heterocycles. The summed E-state index contributed by atoms with van der Waals surface area (Å²) in [5.74, 6) is 1.77. The van der Waals surface area contributed by atoms with E-state index in [1.165, 1.54) is 11.1 Å². The van der Waals surface area contributed by atoms with Gasteiger partial charge in [0.25, 0.3) is 0 Å². The molecule has 1 aromatic heterocycles. The molecule has 0 radical (unpaired) electrons. The van der Waals surface area contributed by atoms with Gasteiger partial charge in [0.15, 0.2) is 5.96 Å². The number of hydrogen-bond donors (Lipinski definition) is 2. The first kappa shape index (κ1) is 18.0. The minimum atomic E-state index is 0.813. The second-order valence-electron chi connectivity index (χ2n) is 5.83. The van der Waals surface area contributed by atoms with Gasteiger partial charge in [-0.1, -0.05) is 35.5 Å². The van der Waals surface area contributed by atoms with Gasteiger partial charge in [0.1, 0.15) is 5.76 Å². The normalized spacial score (nSPS) is 11.5. The Morgan fingerprint density at radius 1 is 1.12 bits per heavy atom. The number of nitrogens with one attached hydrogen (secondary N) is 2. The second kappa shape index (κ2) is 9.75. The van der Waals surface area contributed by atoms with E-state index in [-0.39, 0.29) is 0 Å². The highest BCUT2D eigenvalue weighted by molar-refractivity contribution is 5.79. The van der Waals surface area contributed by atoms with Crippen LogP contribution in [0.15, 0.2) is 39.8 Å². The topological polar surface area (TPSA) is 62.5 Å². The molecule has 0 fully saturated rings. The highest BCUT2D eigenvalue weighted by Crippen LogP contribution is 2.12. The summed E-state index contributed by atoms with van der Waals surface area (Å²) >= 11 is 0. The van der Waals surface area contributed by atoms with Gasteiger partial charge < -0.3 is 15.2 Å². The number of nitrogens with zero attached hydrogens (tertiary/aromatic N) is 2. The van der Waals surface area contributed by atoms with Crippen LogP contribution in [-0.2, 0) is 12.8 Å². The zero-order chi connectivity index (χ0) is 17.2. The summed E-state index contributed by atoms with van der Waals surface area (Å²) in [4.78, 5) is 4.65. The van der Waals surface area contributed by atoms with Gasteiger partial charge in [-0.15, -0.1) is 0 Å². The minimum absolute atomic E-state index is 0.813. The van der Waals surface area contributed by atoms with E-state index in [9.17, 15) is 0 Å². The standard InChI is InChI=1S/C19H28N4O/c1-4-20-19(21-13-8-11-17-9-6-5-7-10-17)22-14-12-18-15(2)23-24-16(18)3/h5-7,9-10H,4,8,11-14H2,1-3H3,(H2,20,21,22). The summed E-state index contributed by atoms with van der Waals surface area (Å²) in [6.45, 7) is 8.50. The monoisotopic (exact) mass is 328 g/mol. The predicted octanol–water partition coefficient (Wildman–Crippen LogP) is 3.02. The van der Waals surface area contributed by atoms with Crippen molar-refractivity contribution in [3.63, 3.8) is 0 Å². The van der Waals surface area contributed by atoms with Crippen molar-refractivity contribution in [2.45, 2.75) is 40.0 Å². The van der Waals surface area contributed by atoms with Crippen molar-refractivity contribution in [3.8, 4) is 0 Å². The van der Waals surface area contributed by atoms with Gasteiger partial charge in [0.05, 0.1) is 5.69 Å². The zero-order valence-electron chi connectivity index (χ0n) is 14.9. The molecule has 0 amide bonds. The Bertz CT molecular complexity index is 615. The van der Waals surface area contributed by atoms with Gasteiger partial charge in [0.2, 0.25) is 0 Å². The summed E-state index contributed by atoms with van der Waals surface area (Å²) in [5.41, 5.74) is 3.52. The van der Waals surface area contributed by atoms with E-state index in [0.29, 0.717) is 0 Å². The lowest BCUT2D eigenvalue weighted by atomic mass is 10.1. The van der Waals surface area contributed by atoms with Crippen LogP contribution in [0.2, 0.25) is 0 Å². The Labute approximate surface area is 144 Å². The van der Waals surface area contributed by atoms with Crippen molar-refractivity contribution in [1.82, 2.24) is 15.8 Å². The van der Waals surface area contributed by atoms with Crippen LogP contribution in [0.5, 0.6) is 0 Å². The van der Waals surface area contributed by atoms with Crippen molar-refractivity contribution in [2.75, 3.05) is 19.6 Å². The second-order valence-corrected chi connectivity index (χ2v) is 5.83.